The van der Waals surface area contributed by atoms with E-state index in [1.807, 2.05) is 13.0 Å². The molecule has 0 unspecified atom stereocenters. The first-order valence-electron chi connectivity index (χ1n) is 9.19. The van der Waals surface area contributed by atoms with Gasteiger partial charge in [-0.15, -0.1) is 0 Å². The van der Waals surface area contributed by atoms with Crippen molar-refractivity contribution in [2.75, 3.05) is 0 Å². The lowest BCUT2D eigenvalue weighted by molar-refractivity contribution is -0.144. The molecule has 0 amide bonds. The first-order chi connectivity index (χ1) is 13.6. The summed E-state index contributed by atoms with van der Waals surface area (Å²) < 4.78 is 42.4. The van der Waals surface area contributed by atoms with Gasteiger partial charge in [-0.2, -0.15) is 18.4 Å². The average molecular weight is 401 g/mol. The number of halogens is 3. The molecule has 1 fully saturated rings. The second-order valence-corrected chi connectivity index (χ2v) is 7.39. The predicted molar refractivity (Wildman–Crippen MR) is 100 cm³/mol. The summed E-state index contributed by atoms with van der Waals surface area (Å²) in [5.41, 5.74) is -0.138. The maximum atomic E-state index is 13.4. The number of rotatable bonds is 3. The standard InChI is InChI=1S/C20H18F3N5O/c1-4-28-14(20(21,22)23)8-13-16(18(28)29)27(3)17(26-13)15-11(2)7-12(9-25-15)19(10-24)5-6-19/h7-9H,4-6H2,1-3H3. The molecular formula is C20H18F3N5O. The Balaban J connectivity index is 1.93. The predicted octanol–water partition coefficient (Wildman–Crippen LogP) is 3.70. The topological polar surface area (TPSA) is 76.5 Å². The highest BCUT2D eigenvalue weighted by atomic mass is 19.4. The van der Waals surface area contributed by atoms with Crippen LogP contribution in [0.1, 0.15) is 36.6 Å². The first-order valence-corrected chi connectivity index (χ1v) is 9.19. The van der Waals surface area contributed by atoms with Gasteiger partial charge in [-0.1, -0.05) is 6.07 Å². The zero-order chi connectivity index (χ0) is 21.1. The molecule has 3 aromatic heterocycles. The number of nitrogens with zero attached hydrogens (tertiary/aromatic N) is 5. The molecule has 1 aliphatic rings. The van der Waals surface area contributed by atoms with Gasteiger partial charge in [-0.3, -0.25) is 9.78 Å². The van der Waals surface area contributed by atoms with Crippen LogP contribution in [0.4, 0.5) is 13.2 Å². The van der Waals surface area contributed by atoms with Gasteiger partial charge >= 0.3 is 6.18 Å². The normalized spacial score (nSPS) is 15.5. The number of alkyl halides is 3. The van der Waals surface area contributed by atoms with Gasteiger partial charge in [0.2, 0.25) is 0 Å². The van der Waals surface area contributed by atoms with Gasteiger partial charge < -0.3 is 9.13 Å². The fourth-order valence-electron chi connectivity index (χ4n) is 3.74. The van der Waals surface area contributed by atoms with Crippen LogP contribution in [-0.4, -0.2) is 19.1 Å². The number of hydrogen-bond acceptors (Lipinski definition) is 4. The molecule has 29 heavy (non-hydrogen) atoms. The van der Waals surface area contributed by atoms with Crippen molar-refractivity contribution in [2.45, 2.75) is 44.8 Å². The number of hydrogen-bond donors (Lipinski definition) is 0. The number of fused-ring (bicyclic) bond motifs is 1. The second-order valence-electron chi connectivity index (χ2n) is 7.39. The summed E-state index contributed by atoms with van der Waals surface area (Å²) in [6.07, 6.45) is -1.48. The summed E-state index contributed by atoms with van der Waals surface area (Å²) in [6.45, 7) is 3.20. The molecule has 3 aromatic rings. The van der Waals surface area contributed by atoms with Gasteiger partial charge in [0.1, 0.15) is 16.9 Å². The third-order valence-electron chi connectivity index (χ3n) is 5.55. The minimum Gasteiger partial charge on any atom is -0.321 e. The largest absolute Gasteiger partial charge is 0.431 e. The van der Waals surface area contributed by atoms with E-state index in [0.29, 0.717) is 16.1 Å². The molecule has 0 radical (unpaired) electrons. The minimum absolute atomic E-state index is 0.0227. The number of aryl methyl sites for hydroxylation is 2. The fourth-order valence-corrected chi connectivity index (χ4v) is 3.74. The van der Waals surface area contributed by atoms with Crippen LogP contribution in [0.5, 0.6) is 0 Å². The summed E-state index contributed by atoms with van der Waals surface area (Å²) in [4.78, 5) is 21.5. The highest BCUT2D eigenvalue weighted by molar-refractivity contribution is 5.80. The molecule has 0 aliphatic heterocycles. The van der Waals surface area contributed by atoms with E-state index in [1.165, 1.54) is 11.5 Å². The molecule has 9 heteroatoms. The van der Waals surface area contributed by atoms with Crippen LogP contribution in [-0.2, 0) is 25.2 Å². The first kappa shape index (κ1) is 19.2. The summed E-state index contributed by atoms with van der Waals surface area (Å²) in [6, 6.07) is 5.09. The maximum absolute atomic E-state index is 13.4. The highest BCUT2D eigenvalue weighted by Crippen LogP contribution is 2.47. The molecule has 0 bridgehead atoms. The number of pyridine rings is 2. The lowest BCUT2D eigenvalue weighted by Gasteiger charge is -2.14. The molecule has 1 aliphatic carbocycles. The fraction of sp³-hybridized carbons (Fsp3) is 0.400. The third-order valence-corrected chi connectivity index (χ3v) is 5.55. The zero-order valence-electron chi connectivity index (χ0n) is 16.1. The summed E-state index contributed by atoms with van der Waals surface area (Å²) in [5.74, 6) is 0.310. The van der Waals surface area contributed by atoms with Crippen molar-refractivity contribution >= 4 is 11.0 Å². The van der Waals surface area contributed by atoms with Gasteiger partial charge in [-0.05, 0) is 43.9 Å². The van der Waals surface area contributed by atoms with E-state index in [-0.39, 0.29) is 17.6 Å². The van der Waals surface area contributed by atoms with Crippen LogP contribution in [0.15, 0.2) is 23.1 Å². The molecule has 0 N–H and O–H groups in total. The monoisotopic (exact) mass is 401 g/mol. The molecule has 4 rings (SSSR count). The highest BCUT2D eigenvalue weighted by Gasteiger charge is 2.45. The Labute approximate surface area is 164 Å². The number of aromatic nitrogens is 4. The molecule has 0 atom stereocenters. The SMILES string of the molecule is CCn1c(C(F)(F)F)cc2nc(-c3ncc(C4(C#N)CC4)cc3C)n(C)c2c1=O. The number of imidazole rings is 1. The molecule has 3 heterocycles. The quantitative estimate of drug-likeness (QED) is 0.671. The second kappa shape index (κ2) is 6.17. The molecule has 150 valence electrons. The summed E-state index contributed by atoms with van der Waals surface area (Å²) >= 11 is 0. The Bertz CT molecular complexity index is 1240. The van der Waals surface area contributed by atoms with Gasteiger partial charge in [0.05, 0.1) is 17.0 Å². The van der Waals surface area contributed by atoms with Gasteiger partial charge in [0.25, 0.3) is 5.56 Å². The molecular weight excluding hydrogens is 383 g/mol. The Morgan fingerprint density at radius 3 is 2.52 bits per heavy atom. The molecule has 0 spiro atoms. The third kappa shape index (κ3) is 2.82. The smallest absolute Gasteiger partial charge is 0.321 e. The molecule has 0 saturated heterocycles. The zero-order valence-corrected chi connectivity index (χ0v) is 16.1. The Hall–Kier alpha value is -3.15. The van der Waals surface area contributed by atoms with Crippen molar-refractivity contribution in [1.29, 1.82) is 5.26 Å². The van der Waals surface area contributed by atoms with Crippen molar-refractivity contribution in [3.63, 3.8) is 0 Å². The van der Waals surface area contributed by atoms with Crippen LogP contribution in [0, 0.1) is 18.3 Å². The van der Waals surface area contributed by atoms with Crippen LogP contribution < -0.4 is 5.56 Å². The minimum atomic E-state index is -4.66. The summed E-state index contributed by atoms with van der Waals surface area (Å²) in [5, 5.41) is 9.38. The van der Waals surface area contributed by atoms with Crippen molar-refractivity contribution in [1.82, 2.24) is 19.1 Å². The molecule has 0 aromatic carbocycles. The lowest BCUT2D eigenvalue weighted by Crippen LogP contribution is -2.28. The van der Waals surface area contributed by atoms with E-state index in [4.69, 9.17) is 0 Å². The van der Waals surface area contributed by atoms with Gasteiger partial charge in [0, 0.05) is 19.8 Å². The van der Waals surface area contributed by atoms with Crippen molar-refractivity contribution in [3.05, 3.63) is 45.5 Å². The van der Waals surface area contributed by atoms with Gasteiger partial charge in [0.15, 0.2) is 5.82 Å². The lowest BCUT2D eigenvalue weighted by atomic mass is 9.97. The van der Waals surface area contributed by atoms with E-state index < -0.39 is 22.8 Å². The van der Waals surface area contributed by atoms with Crippen molar-refractivity contribution in [2.24, 2.45) is 7.05 Å². The van der Waals surface area contributed by atoms with E-state index in [9.17, 15) is 23.2 Å². The molecule has 1 saturated carbocycles. The van der Waals surface area contributed by atoms with Gasteiger partial charge in [-0.25, -0.2) is 4.98 Å². The van der Waals surface area contributed by atoms with E-state index in [2.05, 4.69) is 16.0 Å². The number of nitriles is 1. The Kier molecular flexibility index (Phi) is 4.08. The Morgan fingerprint density at radius 1 is 1.31 bits per heavy atom. The average Bonchev–Trinajstić information content (AvgIpc) is 3.39. The van der Waals surface area contributed by atoms with Crippen LogP contribution in [0.3, 0.4) is 0 Å². The van der Waals surface area contributed by atoms with E-state index in [1.54, 1.807) is 13.2 Å². The van der Waals surface area contributed by atoms with Crippen molar-refractivity contribution < 1.29 is 13.2 Å². The van der Waals surface area contributed by atoms with Crippen LogP contribution >= 0.6 is 0 Å². The van der Waals surface area contributed by atoms with Crippen molar-refractivity contribution in [3.8, 4) is 17.6 Å². The maximum Gasteiger partial charge on any atom is 0.431 e. The van der Waals surface area contributed by atoms with E-state index in [0.717, 1.165) is 30.0 Å². The van der Waals surface area contributed by atoms with E-state index >= 15 is 0 Å². The summed E-state index contributed by atoms with van der Waals surface area (Å²) in [7, 11) is 1.59. The van der Waals surface area contributed by atoms with Crippen LogP contribution in [0.2, 0.25) is 0 Å². The molecule has 6 nitrogen and oxygen atoms in total. The Morgan fingerprint density at radius 2 is 2.00 bits per heavy atom. The van der Waals surface area contributed by atoms with Crippen LogP contribution in [0.25, 0.3) is 22.6 Å².